The number of nitrogens with zero attached hydrogens (tertiary/aromatic N) is 2. The molecule has 0 saturated heterocycles. The Balaban J connectivity index is 2.11. The van der Waals surface area contributed by atoms with Crippen LogP contribution in [0.5, 0.6) is 0 Å². The van der Waals surface area contributed by atoms with E-state index >= 15 is 0 Å². The maximum Gasteiger partial charge on any atom is 0.356 e. The predicted molar refractivity (Wildman–Crippen MR) is 64.2 cm³/mol. The number of aromatic amines is 1. The molecule has 0 unspecified atom stereocenters. The third kappa shape index (κ3) is 2.37. The Kier molecular flexibility index (Phi) is 3.64. The molecule has 2 rings (SSSR count). The van der Waals surface area contributed by atoms with Gasteiger partial charge in [0.05, 0.1) is 0 Å². The summed E-state index contributed by atoms with van der Waals surface area (Å²) >= 11 is 0. The number of aromatic nitrogens is 2. The Morgan fingerprint density at radius 3 is 2.94 bits per heavy atom. The molecule has 0 radical (unpaired) electrons. The highest BCUT2D eigenvalue weighted by molar-refractivity contribution is 5.87. The van der Waals surface area contributed by atoms with Crippen molar-refractivity contribution in [1.82, 2.24) is 15.1 Å². The monoisotopic (exact) mass is 251 g/mol. The van der Waals surface area contributed by atoms with Crippen molar-refractivity contribution in [2.24, 2.45) is 0 Å². The van der Waals surface area contributed by atoms with Crippen molar-refractivity contribution < 1.29 is 14.7 Å². The van der Waals surface area contributed by atoms with Crippen molar-refractivity contribution >= 4 is 11.9 Å². The van der Waals surface area contributed by atoms with E-state index in [1.54, 1.807) is 4.90 Å². The first-order valence-electron chi connectivity index (χ1n) is 6.20. The zero-order valence-corrected chi connectivity index (χ0v) is 10.4. The highest BCUT2D eigenvalue weighted by Gasteiger charge is 2.27. The van der Waals surface area contributed by atoms with E-state index in [-0.39, 0.29) is 11.6 Å². The molecule has 18 heavy (non-hydrogen) atoms. The van der Waals surface area contributed by atoms with E-state index in [0.29, 0.717) is 31.5 Å². The molecule has 2 heterocycles. The van der Waals surface area contributed by atoms with Crippen molar-refractivity contribution in [3.8, 4) is 0 Å². The molecule has 1 aliphatic rings. The second-order valence-electron chi connectivity index (χ2n) is 4.50. The first kappa shape index (κ1) is 12.6. The summed E-state index contributed by atoms with van der Waals surface area (Å²) in [7, 11) is 0. The van der Waals surface area contributed by atoms with Crippen LogP contribution in [-0.4, -0.2) is 38.6 Å². The van der Waals surface area contributed by atoms with Gasteiger partial charge in [-0.2, -0.15) is 5.10 Å². The number of hydrogen-bond acceptors (Lipinski definition) is 3. The number of aromatic carboxylic acids is 1. The normalized spacial score (nSPS) is 14.4. The first-order valence-corrected chi connectivity index (χ1v) is 6.20. The van der Waals surface area contributed by atoms with Crippen molar-refractivity contribution in [1.29, 1.82) is 0 Å². The molecule has 98 valence electrons. The molecule has 0 fully saturated rings. The first-order chi connectivity index (χ1) is 8.63. The molecule has 6 nitrogen and oxygen atoms in total. The van der Waals surface area contributed by atoms with Crippen LogP contribution in [0, 0.1) is 0 Å². The number of amides is 1. The summed E-state index contributed by atoms with van der Waals surface area (Å²) in [5.41, 5.74) is 1.53. The van der Waals surface area contributed by atoms with Crippen LogP contribution in [0.15, 0.2) is 0 Å². The van der Waals surface area contributed by atoms with Crippen LogP contribution in [0.3, 0.4) is 0 Å². The fourth-order valence-corrected chi connectivity index (χ4v) is 2.17. The SMILES string of the molecule is CCCCC(=O)N1CCc2[nH]nc(C(=O)O)c2C1. The van der Waals surface area contributed by atoms with Crippen molar-refractivity contribution in [2.75, 3.05) is 6.54 Å². The Hall–Kier alpha value is -1.85. The molecule has 0 spiro atoms. The maximum atomic E-state index is 11.9. The van der Waals surface area contributed by atoms with E-state index < -0.39 is 5.97 Å². The molecule has 0 aliphatic carbocycles. The number of fused-ring (bicyclic) bond motifs is 1. The molecule has 0 atom stereocenters. The van der Waals surface area contributed by atoms with E-state index in [4.69, 9.17) is 5.11 Å². The largest absolute Gasteiger partial charge is 0.476 e. The third-order valence-electron chi connectivity index (χ3n) is 3.23. The molecule has 0 aromatic carbocycles. The standard InChI is InChI=1S/C12H17N3O3/c1-2-3-4-10(16)15-6-5-9-8(7-15)11(12(17)18)14-13-9/h2-7H2,1H3,(H,13,14)(H,17,18). The molecule has 0 bridgehead atoms. The van der Waals surface area contributed by atoms with Crippen LogP contribution in [0.1, 0.15) is 47.9 Å². The molecule has 6 heteroatoms. The minimum absolute atomic E-state index is 0.0398. The van der Waals surface area contributed by atoms with E-state index in [2.05, 4.69) is 10.2 Å². The molecule has 2 N–H and O–H groups in total. The lowest BCUT2D eigenvalue weighted by atomic mass is 10.0. The maximum absolute atomic E-state index is 11.9. The van der Waals surface area contributed by atoms with Crippen LogP contribution in [0.2, 0.25) is 0 Å². The summed E-state index contributed by atoms with van der Waals surface area (Å²) in [5.74, 6) is -0.949. The lowest BCUT2D eigenvalue weighted by Gasteiger charge is -2.26. The summed E-state index contributed by atoms with van der Waals surface area (Å²) in [6.07, 6.45) is 3.04. The van der Waals surface area contributed by atoms with E-state index in [1.807, 2.05) is 6.92 Å². The van der Waals surface area contributed by atoms with Gasteiger partial charge < -0.3 is 10.0 Å². The Morgan fingerprint density at radius 2 is 2.28 bits per heavy atom. The summed E-state index contributed by atoms with van der Waals surface area (Å²) < 4.78 is 0. The second kappa shape index (κ2) is 5.20. The molecular formula is C12H17N3O3. The van der Waals surface area contributed by atoms with Gasteiger partial charge in [-0.3, -0.25) is 9.89 Å². The summed E-state index contributed by atoms with van der Waals surface area (Å²) in [4.78, 5) is 24.6. The minimum atomic E-state index is -1.05. The number of carboxylic acid groups (broad SMARTS) is 1. The number of carboxylic acids is 1. The van der Waals surface area contributed by atoms with Crippen LogP contribution < -0.4 is 0 Å². The molecule has 1 aromatic rings. The zero-order chi connectivity index (χ0) is 13.1. The number of hydrogen-bond donors (Lipinski definition) is 2. The smallest absolute Gasteiger partial charge is 0.356 e. The Bertz CT molecular complexity index is 467. The van der Waals surface area contributed by atoms with Crippen molar-refractivity contribution in [2.45, 2.75) is 39.2 Å². The molecule has 0 saturated carbocycles. The highest BCUT2D eigenvalue weighted by Crippen LogP contribution is 2.21. The Labute approximate surface area is 105 Å². The van der Waals surface area contributed by atoms with Gasteiger partial charge in [0, 0.05) is 37.2 Å². The van der Waals surface area contributed by atoms with Gasteiger partial charge in [0.2, 0.25) is 5.91 Å². The highest BCUT2D eigenvalue weighted by atomic mass is 16.4. The van der Waals surface area contributed by atoms with Gasteiger partial charge in [-0.1, -0.05) is 13.3 Å². The van der Waals surface area contributed by atoms with Gasteiger partial charge >= 0.3 is 5.97 Å². The predicted octanol–water partition coefficient (Wildman–Crippen LogP) is 1.18. The zero-order valence-electron chi connectivity index (χ0n) is 10.4. The fraction of sp³-hybridized carbons (Fsp3) is 0.583. The molecule has 1 aromatic heterocycles. The van der Waals surface area contributed by atoms with Gasteiger partial charge in [0.1, 0.15) is 0 Å². The number of H-pyrrole nitrogens is 1. The van der Waals surface area contributed by atoms with Gasteiger partial charge in [0.15, 0.2) is 5.69 Å². The van der Waals surface area contributed by atoms with Crippen LogP contribution in [0.4, 0.5) is 0 Å². The topological polar surface area (TPSA) is 86.3 Å². The Morgan fingerprint density at radius 1 is 1.50 bits per heavy atom. The number of unbranched alkanes of at least 4 members (excludes halogenated alkanes) is 1. The quantitative estimate of drug-likeness (QED) is 0.841. The van der Waals surface area contributed by atoms with Crippen LogP contribution >= 0.6 is 0 Å². The van der Waals surface area contributed by atoms with Gasteiger partial charge in [-0.05, 0) is 6.42 Å². The van der Waals surface area contributed by atoms with Crippen molar-refractivity contribution in [3.05, 3.63) is 17.0 Å². The molecular weight excluding hydrogens is 234 g/mol. The lowest BCUT2D eigenvalue weighted by Crippen LogP contribution is -2.36. The van der Waals surface area contributed by atoms with Crippen molar-refractivity contribution in [3.63, 3.8) is 0 Å². The number of carbonyl (C=O) groups is 2. The summed E-state index contributed by atoms with van der Waals surface area (Å²) in [6.45, 7) is 3.03. The molecule has 1 aliphatic heterocycles. The summed E-state index contributed by atoms with van der Waals surface area (Å²) in [6, 6.07) is 0. The van der Waals surface area contributed by atoms with E-state index in [1.165, 1.54) is 0 Å². The average molecular weight is 251 g/mol. The minimum Gasteiger partial charge on any atom is -0.476 e. The van der Waals surface area contributed by atoms with E-state index in [9.17, 15) is 9.59 Å². The number of carbonyl (C=O) groups excluding carboxylic acids is 1. The van der Waals surface area contributed by atoms with Gasteiger partial charge in [-0.25, -0.2) is 4.79 Å². The number of rotatable bonds is 4. The fourth-order valence-electron chi connectivity index (χ4n) is 2.17. The average Bonchev–Trinajstić information content (AvgIpc) is 2.78. The van der Waals surface area contributed by atoms with E-state index in [0.717, 1.165) is 18.5 Å². The van der Waals surface area contributed by atoms with Gasteiger partial charge in [-0.15, -0.1) is 0 Å². The summed E-state index contributed by atoms with van der Waals surface area (Å²) in [5, 5.41) is 15.5. The van der Waals surface area contributed by atoms with Crippen LogP contribution in [0.25, 0.3) is 0 Å². The third-order valence-corrected chi connectivity index (χ3v) is 3.23. The van der Waals surface area contributed by atoms with Crippen LogP contribution in [-0.2, 0) is 17.8 Å². The molecule has 1 amide bonds. The number of nitrogens with one attached hydrogen (secondary N) is 1. The van der Waals surface area contributed by atoms with Gasteiger partial charge in [0.25, 0.3) is 0 Å². The lowest BCUT2D eigenvalue weighted by molar-refractivity contribution is -0.132. The second-order valence-corrected chi connectivity index (χ2v) is 4.50.